The smallest absolute Gasteiger partial charge is 0.326 e. The number of aliphatic carboxylic acids is 1. The van der Waals surface area contributed by atoms with E-state index in [9.17, 15) is 19.2 Å². The lowest BCUT2D eigenvalue weighted by Crippen LogP contribution is -2.49. The van der Waals surface area contributed by atoms with Gasteiger partial charge in [0.25, 0.3) is 5.91 Å². The van der Waals surface area contributed by atoms with Gasteiger partial charge in [0.05, 0.1) is 7.11 Å². The highest BCUT2D eigenvalue weighted by Gasteiger charge is 2.49. The van der Waals surface area contributed by atoms with Crippen LogP contribution in [0.2, 0.25) is 0 Å². The first-order valence-electron chi connectivity index (χ1n) is 8.41. The standard InChI is InChI=1S/C18H23N3O6/c1-10(2)14(15(23)24)19-13(22)9-21-16(25)18(3,20-17(21)26)11-5-7-12(27-4)8-6-11/h5-8,10,14H,9H2,1-4H3,(H,19,22)(H,20,26)(H,23,24)/t14-,18?/m1/s1. The topological polar surface area (TPSA) is 125 Å². The highest BCUT2D eigenvalue weighted by Crippen LogP contribution is 2.29. The molecule has 9 nitrogen and oxygen atoms in total. The summed E-state index contributed by atoms with van der Waals surface area (Å²) < 4.78 is 5.08. The fraction of sp³-hybridized carbons (Fsp3) is 0.444. The Hall–Kier alpha value is -3.10. The molecule has 0 radical (unpaired) electrons. The Balaban J connectivity index is 2.15. The average molecular weight is 377 g/mol. The van der Waals surface area contributed by atoms with Crippen LogP contribution in [0.25, 0.3) is 0 Å². The first-order chi connectivity index (χ1) is 12.6. The van der Waals surface area contributed by atoms with Crippen molar-refractivity contribution in [2.45, 2.75) is 32.4 Å². The number of benzene rings is 1. The molecular formula is C18H23N3O6. The van der Waals surface area contributed by atoms with Gasteiger partial charge in [0, 0.05) is 0 Å². The zero-order valence-corrected chi connectivity index (χ0v) is 15.6. The zero-order valence-electron chi connectivity index (χ0n) is 15.6. The summed E-state index contributed by atoms with van der Waals surface area (Å²) in [6.07, 6.45) is 0. The largest absolute Gasteiger partial charge is 0.497 e. The summed E-state index contributed by atoms with van der Waals surface area (Å²) in [6.45, 7) is 4.27. The maximum absolute atomic E-state index is 12.8. The highest BCUT2D eigenvalue weighted by atomic mass is 16.5. The quantitative estimate of drug-likeness (QED) is 0.600. The molecule has 3 N–H and O–H groups in total. The normalized spacial score (nSPS) is 20.4. The van der Waals surface area contributed by atoms with E-state index >= 15 is 0 Å². The van der Waals surface area contributed by atoms with Gasteiger partial charge in [-0.25, -0.2) is 9.59 Å². The molecule has 1 fully saturated rings. The summed E-state index contributed by atoms with van der Waals surface area (Å²) in [7, 11) is 1.51. The van der Waals surface area contributed by atoms with Crippen molar-refractivity contribution < 1.29 is 29.0 Å². The molecule has 1 aliphatic heterocycles. The molecule has 146 valence electrons. The van der Waals surface area contributed by atoms with Crippen molar-refractivity contribution in [1.29, 1.82) is 0 Å². The number of imide groups is 1. The number of methoxy groups -OCH3 is 1. The van der Waals surface area contributed by atoms with Crippen molar-refractivity contribution in [2.75, 3.05) is 13.7 Å². The van der Waals surface area contributed by atoms with Gasteiger partial charge < -0.3 is 20.5 Å². The van der Waals surface area contributed by atoms with E-state index in [-0.39, 0.29) is 5.92 Å². The van der Waals surface area contributed by atoms with Crippen LogP contribution in [0.15, 0.2) is 24.3 Å². The molecule has 0 aliphatic carbocycles. The highest BCUT2D eigenvalue weighted by molar-refractivity contribution is 6.09. The van der Waals surface area contributed by atoms with E-state index in [2.05, 4.69) is 10.6 Å². The Kier molecular flexibility index (Phi) is 5.72. The molecule has 0 saturated carbocycles. The van der Waals surface area contributed by atoms with Crippen LogP contribution < -0.4 is 15.4 Å². The van der Waals surface area contributed by atoms with Gasteiger partial charge in [-0.3, -0.25) is 14.5 Å². The lowest BCUT2D eigenvalue weighted by atomic mass is 9.92. The molecule has 1 unspecified atom stereocenters. The predicted octanol–water partition coefficient (Wildman–Crippen LogP) is 0.688. The summed E-state index contributed by atoms with van der Waals surface area (Å²) in [6, 6.07) is 4.81. The van der Waals surface area contributed by atoms with Crippen molar-refractivity contribution in [3.8, 4) is 5.75 Å². The van der Waals surface area contributed by atoms with E-state index in [1.54, 1.807) is 45.0 Å². The lowest BCUT2D eigenvalue weighted by Gasteiger charge is -2.23. The zero-order chi connectivity index (χ0) is 20.4. The Labute approximate surface area is 156 Å². The molecule has 1 aliphatic rings. The molecule has 1 aromatic rings. The summed E-state index contributed by atoms with van der Waals surface area (Å²) in [5, 5.41) is 14.1. The van der Waals surface area contributed by atoms with Gasteiger partial charge in [-0.05, 0) is 30.5 Å². The number of carboxylic acids is 1. The van der Waals surface area contributed by atoms with E-state index < -0.39 is 41.9 Å². The van der Waals surface area contributed by atoms with Crippen LogP contribution in [0.3, 0.4) is 0 Å². The number of carbonyl (C=O) groups excluding carboxylic acids is 3. The second-order valence-electron chi connectivity index (χ2n) is 6.80. The predicted molar refractivity (Wildman–Crippen MR) is 95.0 cm³/mol. The van der Waals surface area contributed by atoms with E-state index in [1.165, 1.54) is 7.11 Å². The Morgan fingerprint density at radius 3 is 2.33 bits per heavy atom. The number of amides is 4. The molecular weight excluding hydrogens is 354 g/mol. The Morgan fingerprint density at radius 1 is 1.26 bits per heavy atom. The van der Waals surface area contributed by atoms with Crippen molar-refractivity contribution in [3.63, 3.8) is 0 Å². The number of urea groups is 1. The fourth-order valence-electron chi connectivity index (χ4n) is 2.84. The van der Waals surface area contributed by atoms with Gasteiger partial charge in [-0.1, -0.05) is 26.0 Å². The minimum absolute atomic E-state index is 0.348. The third kappa shape index (κ3) is 4.02. The minimum Gasteiger partial charge on any atom is -0.497 e. The van der Waals surface area contributed by atoms with E-state index in [4.69, 9.17) is 9.84 Å². The fourth-order valence-corrected chi connectivity index (χ4v) is 2.84. The van der Waals surface area contributed by atoms with Crippen molar-refractivity contribution >= 4 is 23.8 Å². The Morgan fingerprint density at radius 2 is 1.85 bits per heavy atom. The van der Waals surface area contributed by atoms with Crippen LogP contribution in [0, 0.1) is 5.92 Å². The van der Waals surface area contributed by atoms with Gasteiger partial charge in [-0.2, -0.15) is 0 Å². The molecule has 2 atom stereocenters. The molecule has 1 heterocycles. The number of carbonyl (C=O) groups is 4. The first kappa shape index (κ1) is 20.2. The van der Waals surface area contributed by atoms with Gasteiger partial charge in [0.1, 0.15) is 23.9 Å². The average Bonchev–Trinajstić information content (AvgIpc) is 2.83. The summed E-state index contributed by atoms with van der Waals surface area (Å²) in [4.78, 5) is 49.2. The van der Waals surface area contributed by atoms with Gasteiger partial charge >= 0.3 is 12.0 Å². The minimum atomic E-state index is -1.33. The van der Waals surface area contributed by atoms with Crippen LogP contribution in [0.4, 0.5) is 4.79 Å². The van der Waals surface area contributed by atoms with Crippen LogP contribution >= 0.6 is 0 Å². The molecule has 1 aromatic carbocycles. The number of ether oxygens (including phenoxy) is 1. The van der Waals surface area contributed by atoms with Gasteiger partial charge in [0.2, 0.25) is 5.91 Å². The number of nitrogens with zero attached hydrogens (tertiary/aromatic N) is 1. The summed E-state index contributed by atoms with van der Waals surface area (Å²) in [5.74, 6) is -2.25. The molecule has 2 rings (SSSR count). The van der Waals surface area contributed by atoms with Gasteiger partial charge in [0.15, 0.2) is 0 Å². The number of hydrogen-bond donors (Lipinski definition) is 3. The molecule has 0 bridgehead atoms. The second kappa shape index (κ2) is 7.65. The molecule has 27 heavy (non-hydrogen) atoms. The molecule has 0 spiro atoms. The summed E-state index contributed by atoms with van der Waals surface area (Å²) in [5.41, 5.74) is -0.788. The molecule has 0 aromatic heterocycles. The third-order valence-electron chi connectivity index (χ3n) is 4.49. The monoisotopic (exact) mass is 377 g/mol. The van der Waals surface area contributed by atoms with E-state index in [0.29, 0.717) is 11.3 Å². The number of carboxylic acid groups (broad SMARTS) is 1. The molecule has 9 heteroatoms. The number of hydrogen-bond acceptors (Lipinski definition) is 5. The number of rotatable bonds is 7. The maximum Gasteiger partial charge on any atom is 0.326 e. The molecule has 4 amide bonds. The first-order valence-corrected chi connectivity index (χ1v) is 8.41. The maximum atomic E-state index is 12.8. The SMILES string of the molecule is COc1ccc(C2(C)NC(=O)N(CC(=O)N[C@@H](C(=O)O)C(C)C)C2=O)cc1. The second-order valence-corrected chi connectivity index (χ2v) is 6.80. The van der Waals surface area contributed by atoms with E-state index in [1.807, 2.05) is 0 Å². The van der Waals surface area contributed by atoms with E-state index in [0.717, 1.165) is 4.90 Å². The lowest BCUT2D eigenvalue weighted by molar-refractivity contribution is -0.143. The third-order valence-corrected chi connectivity index (χ3v) is 4.49. The van der Waals surface area contributed by atoms with Crippen LogP contribution in [0.1, 0.15) is 26.3 Å². The van der Waals surface area contributed by atoms with Crippen molar-refractivity contribution in [3.05, 3.63) is 29.8 Å². The summed E-state index contributed by atoms with van der Waals surface area (Å²) >= 11 is 0. The van der Waals surface area contributed by atoms with Crippen molar-refractivity contribution in [2.24, 2.45) is 5.92 Å². The Bertz CT molecular complexity index is 761. The van der Waals surface area contributed by atoms with Crippen molar-refractivity contribution in [1.82, 2.24) is 15.5 Å². The number of nitrogens with one attached hydrogen (secondary N) is 2. The van der Waals surface area contributed by atoms with Crippen LogP contribution in [-0.4, -0.2) is 53.5 Å². The van der Waals surface area contributed by atoms with Gasteiger partial charge in [-0.15, -0.1) is 0 Å². The van der Waals surface area contributed by atoms with Crippen LogP contribution in [-0.2, 0) is 19.9 Å². The van der Waals surface area contributed by atoms with Crippen LogP contribution in [0.5, 0.6) is 5.75 Å². The molecule has 1 saturated heterocycles.